The average Bonchev–Trinajstić information content (AvgIpc) is 3.17. The average molecular weight is 500 g/mol. The standard InChI is InChI=1S/C28H25N3O6/c1-17-4-11-22(12-5-17)31-27(33)23(18(2)30-31)14-19-6-13-24(25(15-19)36-3)37-16-26(32)29-21-9-7-20(8-10-21)28(34)35/h4-15H,16H2,1-3H3,(H,29,32)(H,34,35). The molecule has 1 aliphatic rings. The number of carboxylic acid groups (broad SMARTS) is 1. The third-order valence-electron chi connectivity index (χ3n) is 5.61. The predicted molar refractivity (Wildman–Crippen MR) is 140 cm³/mol. The third-order valence-corrected chi connectivity index (χ3v) is 5.61. The molecule has 0 bridgehead atoms. The van der Waals surface area contributed by atoms with E-state index in [1.807, 2.05) is 31.2 Å². The summed E-state index contributed by atoms with van der Waals surface area (Å²) in [6.07, 6.45) is 1.73. The van der Waals surface area contributed by atoms with Crippen molar-refractivity contribution in [2.75, 3.05) is 24.0 Å². The second kappa shape index (κ2) is 10.8. The number of nitrogens with one attached hydrogen (secondary N) is 1. The van der Waals surface area contributed by atoms with E-state index in [0.717, 1.165) is 5.56 Å². The van der Waals surface area contributed by atoms with E-state index in [1.165, 1.54) is 36.4 Å². The molecule has 9 nitrogen and oxygen atoms in total. The van der Waals surface area contributed by atoms with Gasteiger partial charge in [0.05, 0.1) is 29.6 Å². The van der Waals surface area contributed by atoms with Crippen LogP contribution in [0.1, 0.15) is 28.4 Å². The maximum atomic E-state index is 13.0. The molecule has 3 aromatic rings. The summed E-state index contributed by atoms with van der Waals surface area (Å²) in [5, 5.41) is 17.4. The molecule has 2 amide bonds. The summed E-state index contributed by atoms with van der Waals surface area (Å²) < 4.78 is 11.0. The predicted octanol–water partition coefficient (Wildman–Crippen LogP) is 4.53. The number of aryl methyl sites for hydroxylation is 1. The van der Waals surface area contributed by atoms with Crippen LogP contribution in [-0.2, 0) is 9.59 Å². The molecule has 0 spiro atoms. The second-order valence-corrected chi connectivity index (χ2v) is 8.33. The zero-order chi connectivity index (χ0) is 26.5. The van der Waals surface area contributed by atoms with Crippen LogP contribution in [-0.4, -0.2) is 42.3 Å². The van der Waals surface area contributed by atoms with Crippen LogP contribution < -0.4 is 19.8 Å². The van der Waals surface area contributed by atoms with E-state index in [9.17, 15) is 14.4 Å². The summed E-state index contributed by atoms with van der Waals surface area (Å²) in [4.78, 5) is 36.2. The van der Waals surface area contributed by atoms with Crippen LogP contribution in [0.25, 0.3) is 6.08 Å². The monoisotopic (exact) mass is 499 g/mol. The number of amides is 2. The van der Waals surface area contributed by atoms with Gasteiger partial charge in [-0.3, -0.25) is 9.59 Å². The summed E-state index contributed by atoms with van der Waals surface area (Å²) >= 11 is 0. The molecule has 37 heavy (non-hydrogen) atoms. The van der Waals surface area contributed by atoms with Gasteiger partial charge in [-0.25, -0.2) is 4.79 Å². The van der Waals surface area contributed by atoms with E-state index in [-0.39, 0.29) is 18.1 Å². The Morgan fingerprint density at radius 2 is 1.70 bits per heavy atom. The van der Waals surface area contributed by atoms with Crippen LogP contribution in [0, 0.1) is 6.92 Å². The Bertz CT molecular complexity index is 1410. The highest BCUT2D eigenvalue weighted by molar-refractivity contribution is 6.32. The molecular formula is C28H25N3O6. The summed E-state index contributed by atoms with van der Waals surface area (Å²) in [6, 6.07) is 18.5. The van der Waals surface area contributed by atoms with Gasteiger partial charge in [-0.15, -0.1) is 0 Å². The van der Waals surface area contributed by atoms with Gasteiger partial charge in [0.15, 0.2) is 18.1 Å². The molecule has 3 aromatic carbocycles. The van der Waals surface area contributed by atoms with E-state index in [0.29, 0.717) is 39.7 Å². The Labute approximate surface area is 213 Å². The number of carboxylic acids is 1. The molecule has 4 rings (SSSR count). The fourth-order valence-electron chi connectivity index (χ4n) is 3.64. The van der Waals surface area contributed by atoms with E-state index in [4.69, 9.17) is 14.6 Å². The number of hydrazone groups is 1. The third kappa shape index (κ3) is 5.84. The van der Waals surface area contributed by atoms with Gasteiger partial charge in [0.1, 0.15) is 0 Å². The first kappa shape index (κ1) is 25.2. The van der Waals surface area contributed by atoms with E-state index in [1.54, 1.807) is 31.2 Å². The van der Waals surface area contributed by atoms with Gasteiger partial charge in [-0.1, -0.05) is 23.8 Å². The topological polar surface area (TPSA) is 118 Å². The molecule has 9 heteroatoms. The number of carbonyl (C=O) groups is 3. The number of anilines is 2. The minimum absolute atomic E-state index is 0.123. The number of nitrogens with zero attached hydrogens (tertiary/aromatic N) is 2. The maximum Gasteiger partial charge on any atom is 0.335 e. The SMILES string of the molecule is COc1cc(C=C2C(=O)N(c3ccc(C)cc3)N=C2C)ccc1OCC(=O)Nc1ccc(C(=O)O)cc1. The van der Waals surface area contributed by atoms with Gasteiger partial charge in [-0.2, -0.15) is 10.1 Å². The number of benzene rings is 3. The van der Waals surface area contributed by atoms with Gasteiger partial charge in [-0.05, 0) is 74.0 Å². The Kier molecular flexibility index (Phi) is 7.34. The Balaban J connectivity index is 1.43. The van der Waals surface area contributed by atoms with Crippen molar-refractivity contribution >= 4 is 40.9 Å². The summed E-state index contributed by atoms with van der Waals surface area (Å²) in [7, 11) is 1.48. The van der Waals surface area contributed by atoms with Crippen LogP contribution in [0.5, 0.6) is 11.5 Å². The molecule has 0 aromatic heterocycles. The minimum atomic E-state index is -1.05. The molecule has 0 fully saturated rings. The lowest BCUT2D eigenvalue weighted by molar-refractivity contribution is -0.118. The van der Waals surface area contributed by atoms with E-state index in [2.05, 4.69) is 10.4 Å². The number of rotatable bonds is 8. The number of methoxy groups -OCH3 is 1. The highest BCUT2D eigenvalue weighted by Crippen LogP contribution is 2.31. The zero-order valence-corrected chi connectivity index (χ0v) is 20.5. The number of hydrogen-bond donors (Lipinski definition) is 2. The fourth-order valence-corrected chi connectivity index (χ4v) is 3.64. The molecule has 1 heterocycles. The second-order valence-electron chi connectivity index (χ2n) is 8.33. The number of carbonyl (C=O) groups excluding carboxylic acids is 2. The fraction of sp³-hybridized carbons (Fsp3) is 0.143. The van der Waals surface area contributed by atoms with Crippen molar-refractivity contribution in [2.45, 2.75) is 13.8 Å². The van der Waals surface area contributed by atoms with Gasteiger partial charge in [0.25, 0.3) is 11.8 Å². The maximum absolute atomic E-state index is 13.0. The Morgan fingerprint density at radius 3 is 2.35 bits per heavy atom. The summed E-state index contributed by atoms with van der Waals surface area (Å²) in [5.74, 6) is -0.950. The van der Waals surface area contributed by atoms with Gasteiger partial charge in [0.2, 0.25) is 0 Å². The number of aromatic carboxylic acids is 1. The van der Waals surface area contributed by atoms with Crippen molar-refractivity contribution in [2.24, 2.45) is 5.10 Å². The normalized spacial score (nSPS) is 13.9. The number of ether oxygens (including phenoxy) is 2. The molecule has 0 saturated heterocycles. The molecule has 0 aliphatic carbocycles. The molecule has 0 radical (unpaired) electrons. The lowest BCUT2D eigenvalue weighted by atomic mass is 10.1. The molecule has 0 atom stereocenters. The molecule has 2 N–H and O–H groups in total. The summed E-state index contributed by atoms with van der Waals surface area (Å²) in [5.41, 5.74) is 4.12. The first-order valence-electron chi connectivity index (χ1n) is 11.4. The molecule has 1 aliphatic heterocycles. The van der Waals surface area contributed by atoms with Crippen molar-refractivity contribution in [3.63, 3.8) is 0 Å². The van der Waals surface area contributed by atoms with E-state index >= 15 is 0 Å². The minimum Gasteiger partial charge on any atom is -0.493 e. The molecule has 0 unspecified atom stereocenters. The van der Waals surface area contributed by atoms with Crippen LogP contribution >= 0.6 is 0 Å². The van der Waals surface area contributed by atoms with Crippen LogP contribution in [0.2, 0.25) is 0 Å². The molecule has 0 saturated carbocycles. The molecule has 188 valence electrons. The van der Waals surface area contributed by atoms with Gasteiger partial charge >= 0.3 is 5.97 Å². The summed E-state index contributed by atoms with van der Waals surface area (Å²) in [6.45, 7) is 3.47. The zero-order valence-electron chi connectivity index (χ0n) is 20.5. The Hall–Kier alpha value is -4.92. The van der Waals surface area contributed by atoms with Crippen molar-refractivity contribution in [1.29, 1.82) is 0 Å². The van der Waals surface area contributed by atoms with Crippen molar-refractivity contribution in [1.82, 2.24) is 0 Å². The van der Waals surface area contributed by atoms with Gasteiger partial charge in [0, 0.05) is 5.69 Å². The highest BCUT2D eigenvalue weighted by atomic mass is 16.5. The highest BCUT2D eigenvalue weighted by Gasteiger charge is 2.28. The van der Waals surface area contributed by atoms with Gasteiger partial charge < -0.3 is 19.9 Å². The largest absolute Gasteiger partial charge is 0.493 e. The van der Waals surface area contributed by atoms with Crippen LogP contribution in [0.4, 0.5) is 11.4 Å². The van der Waals surface area contributed by atoms with Crippen molar-refractivity contribution < 1.29 is 29.0 Å². The van der Waals surface area contributed by atoms with E-state index < -0.39 is 11.9 Å². The molecular weight excluding hydrogens is 474 g/mol. The first-order chi connectivity index (χ1) is 17.7. The quantitative estimate of drug-likeness (QED) is 0.440. The lowest BCUT2D eigenvalue weighted by Crippen LogP contribution is -2.21. The van der Waals surface area contributed by atoms with Crippen LogP contribution in [0.3, 0.4) is 0 Å². The first-order valence-corrected chi connectivity index (χ1v) is 11.4. The smallest absolute Gasteiger partial charge is 0.335 e. The van der Waals surface area contributed by atoms with Crippen molar-refractivity contribution in [3.8, 4) is 11.5 Å². The Morgan fingerprint density at radius 1 is 1.00 bits per heavy atom. The lowest BCUT2D eigenvalue weighted by Gasteiger charge is -2.12. The number of hydrogen-bond acceptors (Lipinski definition) is 6. The van der Waals surface area contributed by atoms with Crippen LogP contribution in [0.15, 0.2) is 77.4 Å². The van der Waals surface area contributed by atoms with Crippen molar-refractivity contribution in [3.05, 3.63) is 89.0 Å².